The first-order valence-corrected chi connectivity index (χ1v) is 5.55. The summed E-state index contributed by atoms with van der Waals surface area (Å²) in [4.78, 5) is 0. The van der Waals surface area contributed by atoms with Gasteiger partial charge in [0.25, 0.3) is 0 Å². The number of nitrogen functional groups attached to an aromatic ring is 1. The number of hydrogen-bond acceptors (Lipinski definition) is 2. The molecule has 0 saturated carbocycles. The van der Waals surface area contributed by atoms with Gasteiger partial charge in [0.15, 0.2) is 0 Å². The van der Waals surface area contributed by atoms with Gasteiger partial charge in [-0.2, -0.15) is 5.10 Å². The fourth-order valence-electron chi connectivity index (χ4n) is 2.08. The van der Waals surface area contributed by atoms with E-state index in [4.69, 9.17) is 5.73 Å². The van der Waals surface area contributed by atoms with Crippen molar-refractivity contribution < 1.29 is 0 Å². The normalized spacial score (nSPS) is 10.9. The first-order valence-electron chi connectivity index (χ1n) is 5.55. The minimum absolute atomic E-state index is 0.763. The van der Waals surface area contributed by atoms with Crippen LogP contribution in [0.3, 0.4) is 0 Å². The van der Waals surface area contributed by atoms with Crippen molar-refractivity contribution in [2.45, 2.75) is 6.92 Å². The van der Waals surface area contributed by atoms with E-state index >= 15 is 0 Å². The highest BCUT2D eigenvalue weighted by molar-refractivity contribution is 5.73. The lowest BCUT2D eigenvalue weighted by Crippen LogP contribution is -1.87. The Morgan fingerprint density at radius 2 is 2.00 bits per heavy atom. The zero-order chi connectivity index (χ0) is 11.8. The van der Waals surface area contributed by atoms with Gasteiger partial charge in [0, 0.05) is 23.0 Å². The van der Waals surface area contributed by atoms with Crippen molar-refractivity contribution in [2.24, 2.45) is 0 Å². The zero-order valence-corrected chi connectivity index (χ0v) is 9.59. The number of nitrogens with zero attached hydrogens (tertiary/aromatic N) is 2. The number of nitrogens with two attached hydrogens (primary N) is 1. The molecule has 0 amide bonds. The van der Waals surface area contributed by atoms with E-state index in [2.05, 4.69) is 18.1 Å². The predicted molar refractivity (Wildman–Crippen MR) is 69.8 cm³/mol. The van der Waals surface area contributed by atoms with Crippen LogP contribution in [-0.2, 0) is 0 Å². The summed E-state index contributed by atoms with van der Waals surface area (Å²) in [6.07, 6.45) is 1.96. The molecule has 2 aromatic heterocycles. The van der Waals surface area contributed by atoms with Crippen LogP contribution in [0.15, 0.2) is 48.7 Å². The maximum absolute atomic E-state index is 5.81. The Balaban J connectivity index is 2.27. The standard InChI is InChI=1S/C14H13N3/c1-10-13-7-2-3-8-17(13)16-14(10)11-5-4-6-12(15)9-11/h2-9H,15H2,1H3. The van der Waals surface area contributed by atoms with Gasteiger partial charge in [0.05, 0.1) is 11.2 Å². The number of hydrogen-bond donors (Lipinski definition) is 1. The fourth-order valence-corrected chi connectivity index (χ4v) is 2.08. The Hall–Kier alpha value is -2.29. The van der Waals surface area contributed by atoms with Crippen LogP contribution in [0.5, 0.6) is 0 Å². The molecule has 1 aromatic carbocycles. The summed E-state index contributed by atoms with van der Waals surface area (Å²) in [6, 6.07) is 13.9. The van der Waals surface area contributed by atoms with Crippen molar-refractivity contribution in [1.29, 1.82) is 0 Å². The summed E-state index contributed by atoms with van der Waals surface area (Å²) in [7, 11) is 0. The highest BCUT2D eigenvalue weighted by atomic mass is 15.2. The van der Waals surface area contributed by atoms with Crippen LogP contribution in [0.25, 0.3) is 16.8 Å². The SMILES string of the molecule is Cc1c(-c2cccc(N)c2)nn2ccccc12. The molecule has 2 heterocycles. The predicted octanol–water partition coefficient (Wildman–Crippen LogP) is 2.89. The fraction of sp³-hybridized carbons (Fsp3) is 0.0714. The lowest BCUT2D eigenvalue weighted by molar-refractivity contribution is 0.966. The quantitative estimate of drug-likeness (QED) is 0.644. The molecule has 0 radical (unpaired) electrons. The second-order valence-corrected chi connectivity index (χ2v) is 4.13. The largest absolute Gasteiger partial charge is 0.399 e. The molecule has 2 N–H and O–H groups in total. The van der Waals surface area contributed by atoms with Crippen molar-refractivity contribution in [3.05, 3.63) is 54.2 Å². The molecular weight excluding hydrogens is 210 g/mol. The first kappa shape index (κ1) is 9.90. The van der Waals surface area contributed by atoms with E-state index in [-0.39, 0.29) is 0 Å². The van der Waals surface area contributed by atoms with Gasteiger partial charge in [-0.1, -0.05) is 18.2 Å². The Bertz CT molecular complexity index is 683. The number of anilines is 1. The molecular formula is C14H13N3. The minimum Gasteiger partial charge on any atom is -0.399 e. The topological polar surface area (TPSA) is 43.3 Å². The smallest absolute Gasteiger partial charge is 0.0963 e. The van der Waals surface area contributed by atoms with Crippen molar-refractivity contribution in [3.63, 3.8) is 0 Å². The van der Waals surface area contributed by atoms with Crippen LogP contribution < -0.4 is 5.73 Å². The molecule has 0 spiro atoms. The third kappa shape index (κ3) is 1.56. The van der Waals surface area contributed by atoms with Crippen molar-refractivity contribution >= 4 is 11.2 Å². The highest BCUT2D eigenvalue weighted by Gasteiger charge is 2.09. The molecule has 0 saturated heterocycles. The second kappa shape index (κ2) is 3.63. The number of aryl methyl sites for hydroxylation is 1. The summed E-state index contributed by atoms with van der Waals surface area (Å²) >= 11 is 0. The van der Waals surface area contributed by atoms with Crippen molar-refractivity contribution in [1.82, 2.24) is 9.61 Å². The molecule has 0 unspecified atom stereocenters. The van der Waals surface area contributed by atoms with Gasteiger partial charge >= 0.3 is 0 Å². The van der Waals surface area contributed by atoms with Crippen molar-refractivity contribution in [3.8, 4) is 11.3 Å². The average molecular weight is 223 g/mol. The van der Waals surface area contributed by atoms with Gasteiger partial charge in [-0.15, -0.1) is 0 Å². The number of fused-ring (bicyclic) bond motifs is 1. The molecule has 0 atom stereocenters. The van der Waals surface area contributed by atoms with Gasteiger partial charge in [-0.3, -0.25) is 0 Å². The summed E-state index contributed by atoms with van der Waals surface area (Å²) in [5.74, 6) is 0. The van der Waals surface area contributed by atoms with E-state index in [1.807, 2.05) is 47.1 Å². The molecule has 84 valence electrons. The number of pyridine rings is 1. The summed E-state index contributed by atoms with van der Waals surface area (Å²) in [5, 5.41) is 4.58. The van der Waals surface area contributed by atoms with Gasteiger partial charge in [-0.25, -0.2) is 4.52 Å². The molecule has 0 aliphatic heterocycles. The molecule has 3 heteroatoms. The van der Waals surface area contributed by atoms with Crippen LogP contribution in [0.4, 0.5) is 5.69 Å². The maximum atomic E-state index is 5.81. The zero-order valence-electron chi connectivity index (χ0n) is 9.59. The van der Waals surface area contributed by atoms with Gasteiger partial charge in [0.2, 0.25) is 0 Å². The third-order valence-electron chi connectivity index (χ3n) is 2.95. The van der Waals surface area contributed by atoms with Crippen LogP contribution in [0.1, 0.15) is 5.56 Å². The molecule has 3 nitrogen and oxygen atoms in total. The van der Waals surface area contributed by atoms with Crippen LogP contribution in [-0.4, -0.2) is 9.61 Å². The molecule has 3 rings (SSSR count). The Kier molecular flexibility index (Phi) is 2.11. The van der Waals surface area contributed by atoms with E-state index in [1.165, 1.54) is 5.56 Å². The first-order chi connectivity index (χ1) is 8.25. The van der Waals surface area contributed by atoms with E-state index in [1.54, 1.807) is 0 Å². The minimum atomic E-state index is 0.763. The Morgan fingerprint density at radius 3 is 2.76 bits per heavy atom. The lowest BCUT2D eigenvalue weighted by Gasteiger charge is -1.99. The van der Waals surface area contributed by atoms with E-state index in [9.17, 15) is 0 Å². The van der Waals surface area contributed by atoms with Crippen molar-refractivity contribution in [2.75, 3.05) is 5.73 Å². The van der Waals surface area contributed by atoms with Gasteiger partial charge in [-0.05, 0) is 31.2 Å². The monoisotopic (exact) mass is 223 g/mol. The second-order valence-electron chi connectivity index (χ2n) is 4.13. The Labute approximate surface area is 99.5 Å². The lowest BCUT2D eigenvalue weighted by atomic mass is 10.1. The molecule has 0 aliphatic carbocycles. The summed E-state index contributed by atoms with van der Waals surface area (Å²) < 4.78 is 1.90. The van der Waals surface area contributed by atoms with Crippen LogP contribution in [0.2, 0.25) is 0 Å². The average Bonchev–Trinajstić information content (AvgIpc) is 2.68. The van der Waals surface area contributed by atoms with Crippen LogP contribution in [0, 0.1) is 6.92 Å². The molecule has 17 heavy (non-hydrogen) atoms. The highest BCUT2D eigenvalue weighted by Crippen LogP contribution is 2.26. The van der Waals surface area contributed by atoms with Crippen LogP contribution >= 0.6 is 0 Å². The summed E-state index contributed by atoms with van der Waals surface area (Å²) in [5.41, 5.74) is 10.9. The maximum Gasteiger partial charge on any atom is 0.0963 e. The van der Waals surface area contributed by atoms with E-state index in [0.29, 0.717) is 0 Å². The number of aromatic nitrogens is 2. The summed E-state index contributed by atoms with van der Waals surface area (Å²) in [6.45, 7) is 2.08. The third-order valence-corrected chi connectivity index (χ3v) is 2.95. The number of rotatable bonds is 1. The molecule has 0 fully saturated rings. The molecule has 3 aromatic rings. The van der Waals surface area contributed by atoms with E-state index < -0.39 is 0 Å². The number of benzene rings is 1. The van der Waals surface area contributed by atoms with Gasteiger partial charge in [0.1, 0.15) is 0 Å². The van der Waals surface area contributed by atoms with Gasteiger partial charge < -0.3 is 5.73 Å². The molecule has 0 bridgehead atoms. The molecule has 0 aliphatic rings. The van der Waals surface area contributed by atoms with E-state index in [0.717, 1.165) is 22.5 Å². The Morgan fingerprint density at radius 1 is 1.12 bits per heavy atom.